The summed E-state index contributed by atoms with van der Waals surface area (Å²) in [5, 5.41) is 9.15. The van der Waals surface area contributed by atoms with Crippen LogP contribution < -0.4 is 4.72 Å². The lowest BCUT2D eigenvalue weighted by molar-refractivity contribution is -0.153. The molecule has 1 fully saturated rings. The molecule has 20 heavy (non-hydrogen) atoms. The highest BCUT2D eigenvalue weighted by Crippen LogP contribution is 2.40. The van der Waals surface area contributed by atoms with Crippen LogP contribution in [0.1, 0.15) is 24.8 Å². The molecule has 0 heterocycles. The fourth-order valence-corrected chi connectivity index (χ4v) is 3.43. The first-order chi connectivity index (χ1) is 9.44. The monoisotopic (exact) mass is 297 g/mol. The van der Waals surface area contributed by atoms with Crippen molar-refractivity contribution in [3.05, 3.63) is 35.9 Å². The van der Waals surface area contributed by atoms with Gasteiger partial charge in [-0.05, 0) is 24.8 Å². The van der Waals surface area contributed by atoms with E-state index in [4.69, 9.17) is 5.11 Å². The number of carbonyl (C=O) groups is 1. The van der Waals surface area contributed by atoms with E-state index in [0.717, 1.165) is 12.0 Å². The van der Waals surface area contributed by atoms with E-state index in [2.05, 4.69) is 4.72 Å². The zero-order valence-electron chi connectivity index (χ0n) is 11.2. The van der Waals surface area contributed by atoms with E-state index >= 15 is 0 Å². The largest absolute Gasteiger partial charge is 0.481 e. The van der Waals surface area contributed by atoms with Crippen LogP contribution in [0, 0.1) is 5.41 Å². The third-order valence-corrected chi connectivity index (χ3v) is 5.22. The number of nitrogens with one attached hydrogen (secondary N) is 1. The van der Waals surface area contributed by atoms with Crippen molar-refractivity contribution < 1.29 is 18.3 Å². The topological polar surface area (TPSA) is 83.5 Å². The molecule has 6 heteroatoms. The second-order valence-electron chi connectivity index (χ2n) is 5.31. The van der Waals surface area contributed by atoms with Crippen LogP contribution in [0.15, 0.2) is 30.3 Å². The molecule has 0 amide bonds. The zero-order chi connectivity index (χ0) is 14.6. The predicted octanol–water partition coefficient (Wildman–Crippen LogP) is 1.40. The molecule has 0 atom stereocenters. The van der Waals surface area contributed by atoms with Crippen LogP contribution in [-0.2, 0) is 21.2 Å². The molecule has 0 aromatic heterocycles. The van der Waals surface area contributed by atoms with E-state index < -0.39 is 21.4 Å². The molecule has 1 aromatic carbocycles. The highest BCUT2D eigenvalue weighted by atomic mass is 32.2. The maximum Gasteiger partial charge on any atom is 0.310 e. The number of hydrogen-bond acceptors (Lipinski definition) is 3. The molecule has 2 N–H and O–H groups in total. The van der Waals surface area contributed by atoms with Gasteiger partial charge in [-0.3, -0.25) is 4.79 Å². The molecule has 110 valence electrons. The van der Waals surface area contributed by atoms with Crippen LogP contribution in [-0.4, -0.2) is 31.8 Å². The molecular weight excluding hydrogens is 278 g/mol. The number of carboxylic acid groups (broad SMARTS) is 1. The molecule has 1 aliphatic carbocycles. The number of aryl methyl sites for hydroxylation is 1. The Bertz CT molecular complexity index is 564. The van der Waals surface area contributed by atoms with Crippen molar-refractivity contribution in [3.63, 3.8) is 0 Å². The molecule has 1 aliphatic rings. The molecule has 2 rings (SSSR count). The van der Waals surface area contributed by atoms with Gasteiger partial charge in [0.25, 0.3) is 0 Å². The number of rotatable bonds is 7. The summed E-state index contributed by atoms with van der Waals surface area (Å²) in [7, 11) is -3.44. The number of carboxylic acids is 1. The van der Waals surface area contributed by atoms with E-state index in [1.165, 1.54) is 0 Å². The summed E-state index contributed by atoms with van der Waals surface area (Å²) in [6.07, 6.45) is 2.36. The van der Waals surface area contributed by atoms with Crippen molar-refractivity contribution >= 4 is 16.0 Å². The fourth-order valence-electron chi connectivity index (χ4n) is 2.29. The van der Waals surface area contributed by atoms with Crippen molar-refractivity contribution in [2.75, 3.05) is 12.3 Å². The van der Waals surface area contributed by atoms with Gasteiger partial charge < -0.3 is 5.11 Å². The van der Waals surface area contributed by atoms with Gasteiger partial charge in [0.05, 0.1) is 11.2 Å². The lowest BCUT2D eigenvalue weighted by Gasteiger charge is -2.37. The third-order valence-electron chi connectivity index (χ3n) is 3.90. The molecular formula is C14H19NO4S. The standard InChI is InChI=1S/C14H19NO4S/c16-13(17)14(8-4-9-14)11-15-20(18,19)10-7-12-5-2-1-3-6-12/h1-3,5-6,15H,4,7-11H2,(H,16,17). The van der Waals surface area contributed by atoms with Crippen molar-refractivity contribution in [2.45, 2.75) is 25.7 Å². The SMILES string of the molecule is O=C(O)C1(CNS(=O)(=O)CCc2ccccc2)CCC1. The molecule has 0 spiro atoms. The van der Waals surface area contributed by atoms with Gasteiger partial charge in [0.15, 0.2) is 0 Å². The van der Waals surface area contributed by atoms with E-state index in [0.29, 0.717) is 19.3 Å². The highest BCUT2D eigenvalue weighted by Gasteiger charge is 2.44. The maximum atomic E-state index is 11.9. The van der Waals surface area contributed by atoms with Crippen LogP contribution in [0.25, 0.3) is 0 Å². The van der Waals surface area contributed by atoms with Gasteiger partial charge in [-0.15, -0.1) is 0 Å². The molecule has 1 saturated carbocycles. The summed E-state index contributed by atoms with van der Waals surface area (Å²) in [6, 6.07) is 9.36. The Balaban J connectivity index is 1.87. The van der Waals surface area contributed by atoms with E-state index in [9.17, 15) is 13.2 Å². The molecule has 0 bridgehead atoms. The maximum absolute atomic E-state index is 11.9. The van der Waals surface area contributed by atoms with Crippen LogP contribution in [0.5, 0.6) is 0 Å². The second-order valence-corrected chi connectivity index (χ2v) is 7.24. The lowest BCUT2D eigenvalue weighted by atomic mass is 9.69. The summed E-state index contributed by atoms with van der Waals surface area (Å²) < 4.78 is 26.3. The smallest absolute Gasteiger partial charge is 0.310 e. The quantitative estimate of drug-likeness (QED) is 0.797. The van der Waals surface area contributed by atoms with Crippen LogP contribution in [0.2, 0.25) is 0 Å². The predicted molar refractivity (Wildman–Crippen MR) is 75.9 cm³/mol. The summed E-state index contributed by atoms with van der Waals surface area (Å²) in [5.41, 5.74) is 0.0641. The average molecular weight is 297 g/mol. The van der Waals surface area contributed by atoms with Gasteiger partial charge in [-0.1, -0.05) is 36.8 Å². The van der Waals surface area contributed by atoms with Crippen molar-refractivity contribution in [1.82, 2.24) is 4.72 Å². The second kappa shape index (κ2) is 5.93. The summed E-state index contributed by atoms with van der Waals surface area (Å²) >= 11 is 0. The number of benzene rings is 1. The van der Waals surface area contributed by atoms with Gasteiger partial charge >= 0.3 is 5.97 Å². The molecule has 0 saturated heterocycles. The molecule has 0 unspecified atom stereocenters. The lowest BCUT2D eigenvalue weighted by Crippen LogP contribution is -2.48. The van der Waals surface area contributed by atoms with Crippen LogP contribution >= 0.6 is 0 Å². The van der Waals surface area contributed by atoms with Gasteiger partial charge in [0, 0.05) is 6.54 Å². The minimum Gasteiger partial charge on any atom is -0.481 e. The van der Waals surface area contributed by atoms with Crippen molar-refractivity contribution in [3.8, 4) is 0 Å². The average Bonchev–Trinajstić information content (AvgIpc) is 2.36. The Morgan fingerprint density at radius 2 is 1.90 bits per heavy atom. The Kier molecular flexibility index (Phi) is 4.45. The number of sulfonamides is 1. The van der Waals surface area contributed by atoms with Gasteiger partial charge in [0.2, 0.25) is 10.0 Å². The Morgan fingerprint density at radius 1 is 1.25 bits per heavy atom. The van der Waals surface area contributed by atoms with E-state index in [1.807, 2.05) is 30.3 Å². The first-order valence-corrected chi connectivity index (χ1v) is 8.33. The van der Waals surface area contributed by atoms with Crippen LogP contribution in [0.4, 0.5) is 0 Å². The van der Waals surface area contributed by atoms with Crippen molar-refractivity contribution in [1.29, 1.82) is 0 Å². The zero-order valence-corrected chi connectivity index (χ0v) is 12.0. The Hall–Kier alpha value is -1.40. The summed E-state index contributed by atoms with van der Waals surface area (Å²) in [4.78, 5) is 11.2. The molecule has 5 nitrogen and oxygen atoms in total. The van der Waals surface area contributed by atoms with Crippen LogP contribution in [0.3, 0.4) is 0 Å². The number of aliphatic carboxylic acids is 1. The van der Waals surface area contributed by atoms with E-state index in [-0.39, 0.29) is 12.3 Å². The highest BCUT2D eigenvalue weighted by molar-refractivity contribution is 7.89. The van der Waals surface area contributed by atoms with Gasteiger partial charge in [-0.25, -0.2) is 13.1 Å². The summed E-state index contributed by atoms with van der Waals surface area (Å²) in [5.74, 6) is -0.929. The van der Waals surface area contributed by atoms with E-state index in [1.54, 1.807) is 0 Å². The molecule has 1 aromatic rings. The third kappa shape index (κ3) is 3.58. The number of hydrogen-bond donors (Lipinski definition) is 2. The normalized spacial score (nSPS) is 17.4. The first-order valence-electron chi connectivity index (χ1n) is 6.68. The Morgan fingerprint density at radius 3 is 2.40 bits per heavy atom. The molecule has 0 aliphatic heterocycles. The minimum atomic E-state index is -3.44. The molecule has 0 radical (unpaired) electrons. The fraction of sp³-hybridized carbons (Fsp3) is 0.500. The summed E-state index contributed by atoms with van der Waals surface area (Å²) in [6.45, 7) is -0.000539. The minimum absolute atomic E-state index is 0.000539. The Labute approximate surface area is 119 Å². The van der Waals surface area contributed by atoms with Gasteiger partial charge in [-0.2, -0.15) is 0 Å². The van der Waals surface area contributed by atoms with Gasteiger partial charge in [0.1, 0.15) is 0 Å². The van der Waals surface area contributed by atoms with Crippen molar-refractivity contribution in [2.24, 2.45) is 5.41 Å². The first kappa shape index (κ1) is 15.0.